The first kappa shape index (κ1) is 18.3. The van der Waals surface area contributed by atoms with Crippen molar-refractivity contribution in [2.24, 2.45) is 0 Å². The smallest absolute Gasteiger partial charge is 0.262 e. The fourth-order valence-corrected chi connectivity index (χ4v) is 3.82. The first-order valence-corrected chi connectivity index (χ1v) is 9.56. The van der Waals surface area contributed by atoms with Gasteiger partial charge in [0.2, 0.25) is 0 Å². The molecule has 28 heavy (non-hydrogen) atoms. The highest BCUT2D eigenvalue weighted by Gasteiger charge is 2.13. The van der Waals surface area contributed by atoms with Crippen LogP contribution in [0.2, 0.25) is 0 Å². The van der Waals surface area contributed by atoms with Crippen LogP contribution < -0.4 is 5.56 Å². The summed E-state index contributed by atoms with van der Waals surface area (Å²) in [5.41, 5.74) is 1.61. The first-order valence-electron chi connectivity index (χ1n) is 8.57. The van der Waals surface area contributed by atoms with Crippen LogP contribution in [0.4, 0.5) is 8.78 Å². The molecule has 0 bridgehead atoms. The normalized spacial score (nSPS) is 11.1. The van der Waals surface area contributed by atoms with Gasteiger partial charge in [-0.3, -0.25) is 14.3 Å². The fourth-order valence-electron chi connectivity index (χ4n) is 2.89. The number of hydrogen-bond donors (Lipinski definition) is 0. The van der Waals surface area contributed by atoms with Gasteiger partial charge in [-0.05, 0) is 42.0 Å². The second-order valence-electron chi connectivity index (χ2n) is 6.19. The van der Waals surface area contributed by atoms with E-state index in [1.807, 2.05) is 18.2 Å². The number of pyridine rings is 1. The lowest BCUT2D eigenvalue weighted by atomic mass is 10.2. The van der Waals surface area contributed by atoms with E-state index >= 15 is 0 Å². The minimum absolute atomic E-state index is 0.177. The summed E-state index contributed by atoms with van der Waals surface area (Å²) in [7, 11) is 0. The number of halogens is 2. The van der Waals surface area contributed by atoms with Crippen molar-refractivity contribution in [1.29, 1.82) is 0 Å². The van der Waals surface area contributed by atoms with E-state index < -0.39 is 11.6 Å². The van der Waals surface area contributed by atoms with E-state index in [0.717, 1.165) is 11.8 Å². The number of aromatic nitrogens is 3. The molecule has 7 heteroatoms. The van der Waals surface area contributed by atoms with Crippen LogP contribution in [0, 0.1) is 11.6 Å². The van der Waals surface area contributed by atoms with Gasteiger partial charge in [0, 0.05) is 18.0 Å². The van der Waals surface area contributed by atoms with Gasteiger partial charge in [-0.2, -0.15) is 0 Å². The Hall–Kier alpha value is -3.06. The summed E-state index contributed by atoms with van der Waals surface area (Å²) in [5, 5.41) is 0.985. The van der Waals surface area contributed by atoms with E-state index in [1.165, 1.54) is 23.9 Å². The van der Waals surface area contributed by atoms with Crippen LogP contribution in [0.25, 0.3) is 10.9 Å². The SMILES string of the molecule is O=c1c2ccccc2nc(SCc2cc(F)cc(F)c2)n1Cc1ccccn1. The Morgan fingerprint density at radius 3 is 2.46 bits per heavy atom. The van der Waals surface area contributed by atoms with Gasteiger partial charge in [0.25, 0.3) is 5.56 Å². The molecule has 4 rings (SSSR count). The zero-order valence-corrected chi connectivity index (χ0v) is 15.5. The van der Waals surface area contributed by atoms with Crippen LogP contribution in [0.5, 0.6) is 0 Å². The molecule has 0 amide bonds. The summed E-state index contributed by atoms with van der Waals surface area (Å²) in [5.74, 6) is -0.984. The second-order valence-corrected chi connectivity index (χ2v) is 7.13. The second kappa shape index (κ2) is 7.90. The Morgan fingerprint density at radius 1 is 0.964 bits per heavy atom. The molecule has 0 aliphatic rings. The number of benzene rings is 2. The van der Waals surface area contributed by atoms with Crippen molar-refractivity contribution < 1.29 is 8.78 Å². The van der Waals surface area contributed by atoms with Crippen molar-refractivity contribution in [2.45, 2.75) is 17.5 Å². The predicted octanol–water partition coefficient (Wildman–Crippen LogP) is 4.41. The highest BCUT2D eigenvalue weighted by molar-refractivity contribution is 7.98. The molecule has 0 N–H and O–H groups in total. The van der Waals surface area contributed by atoms with Crippen LogP contribution in [-0.4, -0.2) is 14.5 Å². The number of rotatable bonds is 5. The van der Waals surface area contributed by atoms with Crippen molar-refractivity contribution in [3.8, 4) is 0 Å². The molecule has 140 valence electrons. The van der Waals surface area contributed by atoms with Gasteiger partial charge in [0.1, 0.15) is 11.6 Å². The van der Waals surface area contributed by atoms with E-state index in [-0.39, 0.29) is 17.9 Å². The Morgan fingerprint density at radius 2 is 1.71 bits per heavy atom. The first-order chi connectivity index (χ1) is 13.6. The third-order valence-electron chi connectivity index (χ3n) is 4.16. The van der Waals surface area contributed by atoms with Gasteiger partial charge >= 0.3 is 0 Å². The Labute approximate surface area is 163 Å². The van der Waals surface area contributed by atoms with Crippen molar-refractivity contribution in [3.63, 3.8) is 0 Å². The topological polar surface area (TPSA) is 47.8 Å². The third kappa shape index (κ3) is 3.94. The molecule has 0 saturated carbocycles. The zero-order valence-electron chi connectivity index (χ0n) is 14.7. The molecule has 0 spiro atoms. The summed E-state index contributed by atoms with van der Waals surface area (Å²) >= 11 is 1.26. The van der Waals surface area contributed by atoms with Crippen LogP contribution in [0.1, 0.15) is 11.3 Å². The number of fused-ring (bicyclic) bond motifs is 1. The van der Waals surface area contributed by atoms with Gasteiger partial charge < -0.3 is 0 Å². The van der Waals surface area contributed by atoms with Gasteiger partial charge in [-0.25, -0.2) is 13.8 Å². The van der Waals surface area contributed by atoms with Gasteiger partial charge in [0.05, 0.1) is 23.1 Å². The maximum absolute atomic E-state index is 13.5. The molecule has 2 aromatic heterocycles. The number of hydrogen-bond acceptors (Lipinski definition) is 4. The van der Waals surface area contributed by atoms with E-state index in [9.17, 15) is 13.6 Å². The minimum Gasteiger partial charge on any atom is -0.281 e. The van der Waals surface area contributed by atoms with Gasteiger partial charge in [-0.15, -0.1) is 0 Å². The molecule has 2 heterocycles. The molecular weight excluding hydrogens is 380 g/mol. The highest BCUT2D eigenvalue weighted by Crippen LogP contribution is 2.23. The Kier molecular flexibility index (Phi) is 5.16. The van der Waals surface area contributed by atoms with Crippen LogP contribution in [0.3, 0.4) is 0 Å². The van der Waals surface area contributed by atoms with E-state index in [0.29, 0.717) is 21.6 Å². The summed E-state index contributed by atoms with van der Waals surface area (Å²) in [4.78, 5) is 21.9. The third-order valence-corrected chi connectivity index (χ3v) is 5.21. The zero-order chi connectivity index (χ0) is 19.5. The molecule has 4 nitrogen and oxygen atoms in total. The summed E-state index contributed by atoms with van der Waals surface area (Å²) in [6, 6.07) is 16.0. The highest BCUT2D eigenvalue weighted by atomic mass is 32.2. The lowest BCUT2D eigenvalue weighted by Gasteiger charge is -2.13. The predicted molar refractivity (Wildman–Crippen MR) is 105 cm³/mol. The van der Waals surface area contributed by atoms with E-state index in [1.54, 1.807) is 35.0 Å². The monoisotopic (exact) mass is 395 g/mol. The maximum atomic E-state index is 13.5. The van der Waals surface area contributed by atoms with E-state index in [2.05, 4.69) is 9.97 Å². The number of nitrogens with zero attached hydrogens (tertiary/aromatic N) is 3. The van der Waals surface area contributed by atoms with Crippen molar-refractivity contribution in [2.75, 3.05) is 0 Å². The molecule has 0 unspecified atom stereocenters. The maximum Gasteiger partial charge on any atom is 0.262 e. The van der Waals surface area contributed by atoms with Crippen LogP contribution >= 0.6 is 11.8 Å². The van der Waals surface area contributed by atoms with Gasteiger partial charge in [0.15, 0.2) is 5.16 Å². The average molecular weight is 395 g/mol. The average Bonchev–Trinajstić information content (AvgIpc) is 2.69. The lowest BCUT2D eigenvalue weighted by molar-refractivity contribution is 0.581. The molecule has 0 atom stereocenters. The minimum atomic E-state index is -0.632. The van der Waals surface area contributed by atoms with E-state index in [4.69, 9.17) is 0 Å². The summed E-state index contributed by atoms with van der Waals surface area (Å²) < 4.78 is 28.5. The number of thioether (sulfide) groups is 1. The molecule has 0 saturated heterocycles. The molecule has 0 fully saturated rings. The molecule has 4 aromatic rings. The van der Waals surface area contributed by atoms with Gasteiger partial charge in [-0.1, -0.05) is 30.0 Å². The summed E-state index contributed by atoms with van der Waals surface area (Å²) in [6.45, 7) is 0.261. The Balaban J connectivity index is 1.74. The molecule has 0 aliphatic heterocycles. The lowest BCUT2D eigenvalue weighted by Crippen LogP contribution is -2.24. The largest absolute Gasteiger partial charge is 0.281 e. The fraction of sp³-hybridized carbons (Fsp3) is 0.0952. The molecular formula is C21H15F2N3OS. The molecule has 2 aromatic carbocycles. The van der Waals surface area contributed by atoms with Crippen LogP contribution in [-0.2, 0) is 12.3 Å². The molecule has 0 aliphatic carbocycles. The Bertz CT molecular complexity index is 1180. The van der Waals surface area contributed by atoms with Crippen molar-refractivity contribution >= 4 is 22.7 Å². The quantitative estimate of drug-likeness (QED) is 0.371. The van der Waals surface area contributed by atoms with Crippen LogP contribution in [0.15, 0.2) is 76.8 Å². The molecule has 0 radical (unpaired) electrons. The van der Waals surface area contributed by atoms with Crippen molar-refractivity contribution in [1.82, 2.24) is 14.5 Å². The standard InChI is InChI=1S/C21H15F2N3OS/c22-15-9-14(10-16(23)11-15)13-28-21-25-19-7-2-1-6-18(19)20(27)26(21)12-17-5-3-4-8-24-17/h1-11H,12-13H2. The van der Waals surface area contributed by atoms with Crippen molar-refractivity contribution in [3.05, 3.63) is 100 Å². The summed E-state index contributed by atoms with van der Waals surface area (Å²) in [6.07, 6.45) is 1.66. The number of para-hydroxylation sites is 1.